The molecule has 0 radical (unpaired) electrons. The molecular weight excluding hydrogens is 997 g/mol. The molecule has 0 heterocycles. The van der Waals surface area contributed by atoms with E-state index in [0.29, 0.717) is 22.7 Å². The average Bonchev–Trinajstić information content (AvgIpc) is 3.68. The first kappa shape index (κ1) is 75.2. The maximum Gasteiger partial charge on any atom is -0.00258 e. The van der Waals surface area contributed by atoms with E-state index in [-0.39, 0.29) is 0 Å². The van der Waals surface area contributed by atoms with Gasteiger partial charge < -0.3 is 0 Å². The molecule has 0 saturated heterocycles. The highest BCUT2D eigenvalue weighted by atomic mass is 14.4. The van der Waals surface area contributed by atoms with Gasteiger partial charge in [0.2, 0.25) is 0 Å². The molecule has 5 aromatic rings. The van der Waals surface area contributed by atoms with Crippen molar-refractivity contribution < 1.29 is 0 Å². The Kier molecular flexibility index (Phi) is 38.1. The van der Waals surface area contributed by atoms with Crippen molar-refractivity contribution in [2.45, 2.75) is 304 Å². The Hall–Kier alpha value is -3.90. The number of rotatable bonds is 16. The molecule has 5 aromatic carbocycles. The minimum absolute atomic E-state index is 0.586. The van der Waals surface area contributed by atoms with E-state index in [1.54, 1.807) is 6.42 Å². The summed E-state index contributed by atoms with van der Waals surface area (Å²) in [5, 5.41) is 0. The summed E-state index contributed by atoms with van der Waals surface area (Å²) >= 11 is 0. The molecule has 3 fully saturated rings. The van der Waals surface area contributed by atoms with Gasteiger partial charge in [0, 0.05) is 0 Å². The molecule has 0 N–H and O–H groups in total. The Morgan fingerprint density at radius 3 is 1.20 bits per heavy atom. The first-order valence-electron chi connectivity index (χ1n) is 34.8. The van der Waals surface area contributed by atoms with Crippen molar-refractivity contribution in [3.05, 3.63) is 176 Å². The predicted octanol–water partition coefficient (Wildman–Crippen LogP) is 26.7. The summed E-state index contributed by atoms with van der Waals surface area (Å²) in [6, 6.07) is 41.7. The molecule has 3 aliphatic rings. The molecule has 8 rings (SSSR count). The number of hydrogen-bond donors (Lipinski definition) is 0. The third kappa shape index (κ3) is 32.4. The quantitative estimate of drug-likeness (QED) is 0.0864. The highest BCUT2D eigenvalue weighted by Crippen LogP contribution is 2.50. The van der Waals surface area contributed by atoms with E-state index < -0.39 is 0 Å². The van der Waals surface area contributed by atoms with Gasteiger partial charge in [-0.2, -0.15) is 0 Å². The normalized spacial score (nSPS) is 21.3. The summed E-state index contributed by atoms with van der Waals surface area (Å²) in [4.78, 5) is 0. The molecule has 3 saturated carbocycles. The first-order valence-corrected chi connectivity index (χ1v) is 34.8. The fourth-order valence-corrected chi connectivity index (χ4v) is 13.3. The fraction of sp³-hybridized carbons (Fsp3) is 0.639. The lowest BCUT2D eigenvalue weighted by molar-refractivity contribution is 0.0581. The first-order chi connectivity index (χ1) is 39.5. The van der Waals surface area contributed by atoms with Crippen LogP contribution in [0.1, 0.15) is 312 Å². The van der Waals surface area contributed by atoms with Crippen molar-refractivity contribution >= 4 is 0 Å². The van der Waals surface area contributed by atoms with Gasteiger partial charge in [-0.25, -0.2) is 0 Å². The standard InChI is InChI=1S/C15H28.C15H16.C14H22.C12H24.C10H14.C9H12.C8H18/c2*1-12-3-7-14(8-4-12)11-15-9-5-13(2)6-10-15;1-5-11(3)13-8-7-9-14(10-13)12(4)6-2;1-6-12(5)8-10(2)7-11(3,4)9-12;1-3-9-7-5-6-8-10(9)4-2;1-7-4-5-8(2)9(3)6-7;1-3-5-7-8-6-4-2/h12-15H,3-11H2,1-2H3;3-10H,11H2,1-2H3;7-12H,5-6H2,1-4H3;10H,6-9H2,1-5H3;5-8H,3-4H2,1-2H3;4-6H,1-3H3;3-8H2,1-2H3. The molecule has 0 amide bonds. The average molecular weight is 1130 g/mol. The second-order valence-corrected chi connectivity index (χ2v) is 28.4. The van der Waals surface area contributed by atoms with Crippen LogP contribution in [0.15, 0.2) is 115 Å². The van der Waals surface area contributed by atoms with Gasteiger partial charge in [0.25, 0.3) is 0 Å². The van der Waals surface area contributed by atoms with Gasteiger partial charge in [0.15, 0.2) is 0 Å². The van der Waals surface area contributed by atoms with Gasteiger partial charge in [0.05, 0.1) is 0 Å². The van der Waals surface area contributed by atoms with Gasteiger partial charge in [-0.3, -0.25) is 0 Å². The molecule has 4 atom stereocenters. The van der Waals surface area contributed by atoms with Crippen LogP contribution in [0.2, 0.25) is 0 Å². The molecule has 4 unspecified atom stereocenters. The van der Waals surface area contributed by atoms with E-state index in [1.165, 1.54) is 190 Å². The highest BCUT2D eigenvalue weighted by molar-refractivity contribution is 5.31. The van der Waals surface area contributed by atoms with E-state index >= 15 is 0 Å². The van der Waals surface area contributed by atoms with E-state index in [2.05, 4.69) is 254 Å². The van der Waals surface area contributed by atoms with E-state index in [4.69, 9.17) is 0 Å². The maximum absolute atomic E-state index is 2.46. The molecule has 0 aromatic heterocycles. The molecule has 466 valence electrons. The number of benzene rings is 5. The van der Waals surface area contributed by atoms with Crippen molar-refractivity contribution in [3.8, 4) is 0 Å². The Labute approximate surface area is 518 Å². The summed E-state index contributed by atoms with van der Waals surface area (Å²) in [7, 11) is 0. The smallest absolute Gasteiger partial charge is 0.00258 e. The van der Waals surface area contributed by atoms with Crippen LogP contribution in [0.5, 0.6) is 0 Å². The largest absolute Gasteiger partial charge is 0.0654 e. The topological polar surface area (TPSA) is 0 Å². The van der Waals surface area contributed by atoms with Crippen LogP contribution in [0, 0.1) is 75.0 Å². The lowest BCUT2D eigenvalue weighted by Gasteiger charge is -2.45. The van der Waals surface area contributed by atoms with Gasteiger partial charge in [-0.1, -0.05) is 332 Å². The lowest BCUT2D eigenvalue weighted by Crippen LogP contribution is -2.34. The lowest BCUT2D eigenvalue weighted by atomic mass is 9.60. The van der Waals surface area contributed by atoms with Crippen molar-refractivity contribution in [2.24, 2.45) is 40.4 Å². The zero-order valence-corrected chi connectivity index (χ0v) is 58.5. The van der Waals surface area contributed by atoms with Crippen molar-refractivity contribution in [1.29, 1.82) is 0 Å². The summed E-state index contributed by atoms with van der Waals surface area (Å²) in [6.45, 7) is 45.6. The monoisotopic (exact) mass is 1130 g/mol. The molecule has 83 heavy (non-hydrogen) atoms. The zero-order valence-electron chi connectivity index (χ0n) is 58.5. The third-order valence-electron chi connectivity index (χ3n) is 19.4. The van der Waals surface area contributed by atoms with E-state index in [0.717, 1.165) is 48.9 Å². The molecule has 3 aliphatic carbocycles. The van der Waals surface area contributed by atoms with Crippen molar-refractivity contribution in [1.82, 2.24) is 0 Å². The maximum atomic E-state index is 2.46. The fourth-order valence-electron chi connectivity index (χ4n) is 13.3. The minimum Gasteiger partial charge on any atom is -0.0654 e. The van der Waals surface area contributed by atoms with Crippen LogP contribution in [-0.2, 0) is 19.3 Å². The number of hydrogen-bond acceptors (Lipinski definition) is 0. The summed E-state index contributed by atoms with van der Waals surface area (Å²) in [5.74, 6) is 6.55. The Balaban J connectivity index is 0.000000334. The molecule has 0 spiro atoms. The van der Waals surface area contributed by atoms with Crippen molar-refractivity contribution in [3.63, 3.8) is 0 Å². The van der Waals surface area contributed by atoms with Crippen LogP contribution < -0.4 is 0 Å². The molecule has 0 aliphatic heterocycles. The van der Waals surface area contributed by atoms with Crippen LogP contribution in [0.25, 0.3) is 0 Å². The minimum atomic E-state index is 0.586. The molecular formula is C83H134. The highest BCUT2D eigenvalue weighted by Gasteiger charge is 2.38. The second kappa shape index (κ2) is 42.0. The summed E-state index contributed by atoms with van der Waals surface area (Å²) in [6.07, 6.45) is 33.6. The van der Waals surface area contributed by atoms with Gasteiger partial charge in [-0.05, 0) is 189 Å². The Morgan fingerprint density at radius 1 is 0.434 bits per heavy atom. The van der Waals surface area contributed by atoms with Crippen molar-refractivity contribution in [2.75, 3.05) is 0 Å². The second-order valence-electron chi connectivity index (χ2n) is 28.4. The van der Waals surface area contributed by atoms with E-state index in [9.17, 15) is 0 Å². The number of aryl methyl sites for hydroxylation is 7. The molecule has 0 heteroatoms. The van der Waals surface area contributed by atoms with Gasteiger partial charge in [-0.15, -0.1) is 0 Å². The van der Waals surface area contributed by atoms with Crippen LogP contribution in [0.3, 0.4) is 0 Å². The van der Waals surface area contributed by atoms with Crippen LogP contribution in [0.4, 0.5) is 0 Å². The van der Waals surface area contributed by atoms with Crippen LogP contribution in [-0.4, -0.2) is 0 Å². The van der Waals surface area contributed by atoms with E-state index in [1.807, 2.05) is 0 Å². The van der Waals surface area contributed by atoms with Gasteiger partial charge >= 0.3 is 0 Å². The zero-order chi connectivity index (χ0) is 61.8. The molecule has 0 nitrogen and oxygen atoms in total. The summed E-state index contributed by atoms with van der Waals surface area (Å²) in [5.41, 5.74) is 16.7. The summed E-state index contributed by atoms with van der Waals surface area (Å²) < 4.78 is 0. The SMILES string of the molecule is CC1CCC(CC2CCC(C)CC2)CC1.CCC(C)c1cccc(C(C)CC)c1.CCC1(C)CC(C)CC(C)(C)C1.CCCCCCCC.CCc1ccccc1CC.Cc1ccc(C)c(C)c1.Cc1ccc(Cc2ccc(C)cc2)cc1. The predicted molar refractivity (Wildman–Crippen MR) is 376 cm³/mol. The Morgan fingerprint density at radius 2 is 0.855 bits per heavy atom. The Bertz CT molecular complexity index is 2240. The number of unbranched alkanes of at least 4 members (excludes halogenated alkanes) is 5. The van der Waals surface area contributed by atoms with Crippen LogP contribution >= 0.6 is 0 Å². The van der Waals surface area contributed by atoms with Gasteiger partial charge in [0.1, 0.15) is 0 Å². The third-order valence-corrected chi connectivity index (χ3v) is 19.4. The molecule has 0 bridgehead atoms.